The second-order valence-corrected chi connectivity index (χ2v) is 15.6. The number of benzene rings is 3. The van der Waals surface area contributed by atoms with Gasteiger partial charge in [0, 0.05) is 24.0 Å². The molecule has 298 valence electrons. The van der Waals surface area contributed by atoms with Crippen LogP contribution in [0.1, 0.15) is 77.1 Å². The van der Waals surface area contributed by atoms with E-state index in [1.807, 2.05) is 75.1 Å². The fraction of sp³-hybridized carbons (Fsp3) is 0.439. The number of alkyl carbamates (subject to hydrolysis) is 2. The molecule has 4 amide bonds. The molecule has 4 atom stereocenters. The maximum atomic E-state index is 13.7. The number of rotatable bonds is 9. The Bertz CT molecular complexity index is 2520. The van der Waals surface area contributed by atoms with Crippen molar-refractivity contribution >= 4 is 67.9 Å². The number of carbonyl (C=O) groups excluding carboxylic acids is 4. The van der Waals surface area contributed by atoms with Crippen LogP contribution >= 0.6 is 0 Å². The predicted octanol–water partition coefficient (Wildman–Crippen LogP) is 6.49. The van der Waals surface area contributed by atoms with Crippen LogP contribution in [0.4, 0.5) is 9.59 Å². The highest BCUT2D eigenvalue weighted by Gasteiger charge is 2.39. The number of nitrogens with one attached hydrogen (secondary N) is 4. The lowest BCUT2D eigenvalue weighted by Gasteiger charge is -2.29. The third-order valence-corrected chi connectivity index (χ3v) is 11.3. The van der Waals surface area contributed by atoms with E-state index in [1.54, 1.807) is 4.90 Å². The summed E-state index contributed by atoms with van der Waals surface area (Å²) in [5.74, 6) is 1.21. The average Bonchev–Trinajstić information content (AvgIpc) is 4.05. The molecule has 0 aliphatic carbocycles. The molecular weight excluding hydrogens is 731 g/mol. The molecule has 6 aromatic rings. The van der Waals surface area contributed by atoms with Crippen LogP contribution in [-0.2, 0) is 19.1 Å². The SMILES string of the molecule is COC(=O)N[C@H](C(=O)N1CCC[C@H]1c1nc2ccc3cc(-c4nc5ccc6nc([C@@H]7CCCN7C(=O)[C@@H](NC(=O)OC)C(C)C)[nH]c6c5o4)ccc3c2[nH]1)C(C)C. The Kier molecular flexibility index (Phi) is 9.96. The molecule has 0 unspecified atom stereocenters. The van der Waals surface area contributed by atoms with Crippen LogP contribution in [0.2, 0.25) is 0 Å². The number of aromatic amines is 2. The van der Waals surface area contributed by atoms with Gasteiger partial charge in [-0.05, 0) is 73.2 Å². The zero-order valence-corrected chi connectivity index (χ0v) is 32.8. The Morgan fingerprint density at radius 2 is 1.25 bits per heavy atom. The van der Waals surface area contributed by atoms with Crippen LogP contribution in [-0.4, -0.2) is 98.1 Å². The second kappa shape index (κ2) is 15.0. The van der Waals surface area contributed by atoms with Gasteiger partial charge >= 0.3 is 12.2 Å². The molecule has 3 aromatic carbocycles. The molecular formula is C41H47N9O7. The molecule has 8 rings (SSSR count). The van der Waals surface area contributed by atoms with E-state index in [2.05, 4.69) is 20.6 Å². The maximum absolute atomic E-state index is 13.7. The van der Waals surface area contributed by atoms with E-state index in [-0.39, 0.29) is 35.7 Å². The summed E-state index contributed by atoms with van der Waals surface area (Å²) in [4.78, 5) is 76.7. The molecule has 2 fully saturated rings. The van der Waals surface area contributed by atoms with Crippen molar-refractivity contribution in [2.24, 2.45) is 11.8 Å². The first kappa shape index (κ1) is 37.7. The van der Waals surface area contributed by atoms with E-state index in [1.165, 1.54) is 14.2 Å². The van der Waals surface area contributed by atoms with Gasteiger partial charge in [-0.15, -0.1) is 0 Å². The lowest BCUT2D eigenvalue weighted by atomic mass is 10.0. The first-order chi connectivity index (χ1) is 27.4. The van der Waals surface area contributed by atoms with E-state index in [4.69, 9.17) is 28.8 Å². The molecule has 57 heavy (non-hydrogen) atoms. The standard InChI is InChI=1S/C41H47N9O7/c1-20(2)30(47-40(53)55-5)38(51)49-17-7-9-28(49)35-42-25-14-12-22-19-23(11-13-24(22)32(25)45-35)37-44-27-16-15-26-33(34(27)57-37)46-36(43-26)29-10-8-18-50(29)39(52)31(21(3)4)48-41(54)56-6/h11-16,19-21,28-31H,7-10,17-18H2,1-6H3,(H,42,45)(H,43,46)(H,47,53)(H,48,54)/t28-,29-,30-,31-/m0/s1. The number of hydrogen-bond donors (Lipinski definition) is 4. The molecule has 5 heterocycles. The fourth-order valence-electron chi connectivity index (χ4n) is 8.27. The molecule has 4 N–H and O–H groups in total. The lowest BCUT2D eigenvalue weighted by Crippen LogP contribution is -2.51. The third kappa shape index (κ3) is 6.86. The molecule has 0 bridgehead atoms. The Labute approximate surface area is 328 Å². The molecule has 3 aromatic heterocycles. The summed E-state index contributed by atoms with van der Waals surface area (Å²) in [6, 6.07) is 11.8. The van der Waals surface area contributed by atoms with E-state index >= 15 is 0 Å². The average molecular weight is 778 g/mol. The topological polar surface area (TPSA) is 201 Å². The van der Waals surface area contributed by atoms with Gasteiger partial charge in [-0.3, -0.25) is 9.59 Å². The highest BCUT2D eigenvalue weighted by Crippen LogP contribution is 2.38. The minimum atomic E-state index is -0.728. The van der Waals surface area contributed by atoms with Gasteiger partial charge < -0.3 is 44.3 Å². The molecule has 2 saturated heterocycles. The zero-order valence-electron chi connectivity index (χ0n) is 32.8. The van der Waals surface area contributed by atoms with E-state index in [0.717, 1.165) is 53.1 Å². The van der Waals surface area contributed by atoms with Gasteiger partial charge in [0.25, 0.3) is 0 Å². The number of hydrogen-bond acceptors (Lipinski definition) is 10. The van der Waals surface area contributed by atoms with E-state index in [0.29, 0.717) is 52.8 Å². The van der Waals surface area contributed by atoms with Crippen molar-refractivity contribution in [1.29, 1.82) is 0 Å². The van der Waals surface area contributed by atoms with Gasteiger partial charge in [-0.2, -0.15) is 0 Å². The number of H-pyrrole nitrogens is 2. The summed E-state index contributed by atoms with van der Waals surface area (Å²) in [5.41, 5.74) is 5.08. The van der Waals surface area contributed by atoms with Crippen LogP contribution in [0, 0.1) is 11.8 Å². The van der Waals surface area contributed by atoms with Crippen molar-refractivity contribution in [3.05, 3.63) is 54.1 Å². The van der Waals surface area contributed by atoms with Crippen LogP contribution < -0.4 is 10.6 Å². The van der Waals surface area contributed by atoms with Gasteiger partial charge in [-0.1, -0.05) is 39.8 Å². The van der Waals surface area contributed by atoms with Crippen molar-refractivity contribution in [3.63, 3.8) is 0 Å². The van der Waals surface area contributed by atoms with Crippen LogP contribution in [0.25, 0.3) is 55.4 Å². The number of methoxy groups -OCH3 is 2. The van der Waals surface area contributed by atoms with Crippen LogP contribution in [0.3, 0.4) is 0 Å². The quantitative estimate of drug-likeness (QED) is 0.126. The van der Waals surface area contributed by atoms with Gasteiger partial charge in [0.2, 0.25) is 17.7 Å². The monoisotopic (exact) mass is 777 g/mol. The highest BCUT2D eigenvalue weighted by atomic mass is 16.5. The van der Waals surface area contributed by atoms with Crippen molar-refractivity contribution in [2.75, 3.05) is 27.3 Å². The smallest absolute Gasteiger partial charge is 0.407 e. The zero-order chi connectivity index (χ0) is 40.1. The summed E-state index contributed by atoms with van der Waals surface area (Å²) in [7, 11) is 2.57. The Hall–Kier alpha value is -6.19. The van der Waals surface area contributed by atoms with E-state index in [9.17, 15) is 19.2 Å². The van der Waals surface area contributed by atoms with Gasteiger partial charge in [-0.25, -0.2) is 24.5 Å². The second-order valence-electron chi connectivity index (χ2n) is 15.6. The maximum Gasteiger partial charge on any atom is 0.407 e. The number of fused-ring (bicyclic) bond motifs is 6. The van der Waals surface area contributed by atoms with Crippen molar-refractivity contribution in [2.45, 2.75) is 77.5 Å². The van der Waals surface area contributed by atoms with Gasteiger partial charge in [0.1, 0.15) is 34.8 Å². The molecule has 0 spiro atoms. The number of oxazole rings is 1. The number of aromatic nitrogens is 5. The summed E-state index contributed by atoms with van der Waals surface area (Å²) < 4.78 is 16.0. The summed E-state index contributed by atoms with van der Waals surface area (Å²) >= 11 is 0. The number of carbonyl (C=O) groups is 4. The largest absolute Gasteiger partial charge is 0.453 e. The molecule has 0 radical (unpaired) electrons. The Morgan fingerprint density at radius 1 is 0.719 bits per heavy atom. The van der Waals surface area contributed by atoms with Crippen molar-refractivity contribution < 1.29 is 33.1 Å². The van der Waals surface area contributed by atoms with E-state index < -0.39 is 24.3 Å². The Morgan fingerprint density at radius 3 is 1.81 bits per heavy atom. The minimum absolute atomic E-state index is 0.127. The van der Waals surface area contributed by atoms with Crippen molar-refractivity contribution in [1.82, 2.24) is 45.4 Å². The number of nitrogens with zero attached hydrogens (tertiary/aromatic N) is 5. The van der Waals surface area contributed by atoms with Crippen LogP contribution in [0.15, 0.2) is 46.9 Å². The normalized spacial score (nSPS) is 18.3. The Balaban J connectivity index is 1.06. The van der Waals surface area contributed by atoms with Gasteiger partial charge in [0.05, 0.1) is 42.9 Å². The van der Waals surface area contributed by atoms with Gasteiger partial charge in [0.15, 0.2) is 5.58 Å². The summed E-state index contributed by atoms with van der Waals surface area (Å²) in [6.45, 7) is 8.69. The lowest BCUT2D eigenvalue weighted by molar-refractivity contribution is -0.136. The molecule has 16 heteroatoms. The molecule has 0 saturated carbocycles. The van der Waals surface area contributed by atoms with Crippen LogP contribution in [0.5, 0.6) is 0 Å². The first-order valence-electron chi connectivity index (χ1n) is 19.5. The minimum Gasteiger partial charge on any atom is -0.453 e. The number of ether oxygens (including phenoxy) is 2. The molecule has 16 nitrogen and oxygen atoms in total. The highest BCUT2D eigenvalue weighted by molar-refractivity contribution is 6.06. The number of imidazole rings is 2. The molecule has 2 aliphatic rings. The summed E-state index contributed by atoms with van der Waals surface area (Å²) in [5, 5.41) is 7.32. The summed E-state index contributed by atoms with van der Waals surface area (Å²) in [6.07, 6.45) is 1.83. The third-order valence-electron chi connectivity index (χ3n) is 11.3. The predicted molar refractivity (Wildman–Crippen MR) is 212 cm³/mol. The molecule has 2 aliphatic heterocycles. The fourth-order valence-corrected chi connectivity index (χ4v) is 8.27. The number of amides is 4. The van der Waals surface area contributed by atoms with Crippen molar-refractivity contribution in [3.8, 4) is 11.5 Å². The number of likely N-dealkylation sites (tertiary alicyclic amines) is 2. The first-order valence-corrected chi connectivity index (χ1v) is 19.5.